The zero-order chi connectivity index (χ0) is 26.0. The Hall–Kier alpha value is -3.21. The molecule has 1 aromatic carbocycles. The summed E-state index contributed by atoms with van der Waals surface area (Å²) in [6, 6.07) is 12.2. The number of allylic oxidation sites excluding steroid dienone is 4. The third-order valence-corrected chi connectivity index (χ3v) is 7.87. The number of benzene rings is 1. The summed E-state index contributed by atoms with van der Waals surface area (Å²) >= 11 is 2.11. The van der Waals surface area contributed by atoms with Gasteiger partial charge >= 0.3 is 0 Å². The Kier molecular flexibility index (Phi) is 7.68. The van der Waals surface area contributed by atoms with Crippen LogP contribution in [0.5, 0.6) is 11.5 Å². The minimum absolute atomic E-state index is 0.00415. The van der Waals surface area contributed by atoms with E-state index in [2.05, 4.69) is 67.6 Å². The van der Waals surface area contributed by atoms with E-state index in [0.29, 0.717) is 27.6 Å². The number of nitrogens with zero attached hydrogens (tertiary/aromatic N) is 4. The van der Waals surface area contributed by atoms with Crippen molar-refractivity contribution in [2.75, 3.05) is 13.2 Å². The first-order chi connectivity index (χ1) is 16.6. The fourth-order valence-corrected chi connectivity index (χ4v) is 6.03. The molecule has 0 saturated carbocycles. The molecular formula is C27H28IN5O2. The van der Waals surface area contributed by atoms with E-state index in [1.165, 1.54) is 0 Å². The van der Waals surface area contributed by atoms with Gasteiger partial charge in [0.2, 0.25) is 0 Å². The van der Waals surface area contributed by atoms with Crippen molar-refractivity contribution in [3.63, 3.8) is 0 Å². The SMILES string of the molecule is CCOc1cc(C2C3CC(C(C)(C)C)CC=C3C(C#N)=C(N)C2(C#N)C#N)cc(I)c1OCC#N. The summed E-state index contributed by atoms with van der Waals surface area (Å²) < 4.78 is 12.2. The van der Waals surface area contributed by atoms with Crippen LogP contribution in [0, 0.1) is 71.6 Å². The van der Waals surface area contributed by atoms with E-state index in [4.69, 9.17) is 20.5 Å². The smallest absolute Gasteiger partial charge is 0.191 e. The Morgan fingerprint density at radius 2 is 1.83 bits per heavy atom. The topological polar surface area (TPSA) is 140 Å². The van der Waals surface area contributed by atoms with Gasteiger partial charge in [0.1, 0.15) is 12.1 Å². The van der Waals surface area contributed by atoms with Crippen LogP contribution in [-0.2, 0) is 0 Å². The first-order valence-electron chi connectivity index (χ1n) is 11.5. The number of hydrogen-bond donors (Lipinski definition) is 1. The van der Waals surface area contributed by atoms with Crippen LogP contribution >= 0.6 is 22.6 Å². The number of ether oxygens (including phenoxy) is 2. The van der Waals surface area contributed by atoms with Crippen LogP contribution in [0.2, 0.25) is 0 Å². The highest BCUT2D eigenvalue weighted by Gasteiger charge is 2.55. The predicted molar refractivity (Wildman–Crippen MR) is 138 cm³/mol. The lowest BCUT2D eigenvalue weighted by Gasteiger charge is -2.47. The predicted octanol–water partition coefficient (Wildman–Crippen LogP) is 5.46. The standard InChI is InChI=1S/C27H28IN5O2/c1-5-34-22-11-16(10-21(28)24(22)35-9-8-29)23-19-12-17(26(2,3)4)6-7-18(19)20(13-30)25(33)27(23,14-31)15-32/h7,10-11,17,19,23H,5-6,9,12,33H2,1-4H3. The molecule has 1 aromatic rings. The van der Waals surface area contributed by atoms with Gasteiger partial charge in [0, 0.05) is 5.92 Å². The molecule has 35 heavy (non-hydrogen) atoms. The molecule has 0 amide bonds. The van der Waals surface area contributed by atoms with Crippen LogP contribution in [0.3, 0.4) is 0 Å². The molecule has 3 atom stereocenters. The highest BCUT2D eigenvalue weighted by Crippen LogP contribution is 2.58. The van der Waals surface area contributed by atoms with Crippen molar-refractivity contribution in [3.05, 3.63) is 44.2 Å². The van der Waals surface area contributed by atoms with Crippen molar-refractivity contribution < 1.29 is 9.47 Å². The molecule has 8 heteroatoms. The Labute approximate surface area is 220 Å². The fourth-order valence-electron chi connectivity index (χ4n) is 5.25. The van der Waals surface area contributed by atoms with Gasteiger partial charge in [0.25, 0.3) is 0 Å². The largest absolute Gasteiger partial charge is 0.490 e. The van der Waals surface area contributed by atoms with E-state index < -0.39 is 11.3 Å². The van der Waals surface area contributed by atoms with Gasteiger partial charge in [-0.15, -0.1) is 0 Å². The minimum Gasteiger partial charge on any atom is -0.490 e. The lowest BCUT2D eigenvalue weighted by Crippen LogP contribution is -2.44. The second-order valence-corrected chi connectivity index (χ2v) is 11.1. The molecule has 0 aromatic heterocycles. The quantitative estimate of drug-likeness (QED) is 0.456. The number of nitrogens with two attached hydrogens (primary N) is 1. The van der Waals surface area contributed by atoms with Gasteiger partial charge in [-0.1, -0.05) is 26.8 Å². The third kappa shape index (κ3) is 4.56. The highest BCUT2D eigenvalue weighted by atomic mass is 127. The van der Waals surface area contributed by atoms with Gasteiger partial charge in [0.15, 0.2) is 23.5 Å². The molecule has 2 N–H and O–H groups in total. The zero-order valence-electron chi connectivity index (χ0n) is 20.4. The van der Waals surface area contributed by atoms with Crippen molar-refractivity contribution in [2.24, 2.45) is 28.4 Å². The number of rotatable bonds is 5. The summed E-state index contributed by atoms with van der Waals surface area (Å²) in [5, 5.41) is 39.7. The van der Waals surface area contributed by atoms with Crippen LogP contribution in [0.4, 0.5) is 0 Å². The molecule has 0 saturated heterocycles. The summed E-state index contributed by atoms with van der Waals surface area (Å²) in [6.07, 6.45) is 3.59. The van der Waals surface area contributed by atoms with Crippen LogP contribution in [0.25, 0.3) is 0 Å². The molecule has 3 rings (SSSR count). The lowest BCUT2D eigenvalue weighted by molar-refractivity contribution is 0.170. The Morgan fingerprint density at radius 3 is 2.37 bits per heavy atom. The Bertz CT molecular complexity index is 1230. The van der Waals surface area contributed by atoms with Gasteiger partial charge in [0.05, 0.1) is 33.6 Å². The maximum absolute atomic E-state index is 10.4. The molecule has 0 heterocycles. The van der Waals surface area contributed by atoms with Crippen molar-refractivity contribution in [1.29, 1.82) is 21.0 Å². The van der Waals surface area contributed by atoms with Crippen LogP contribution in [0.1, 0.15) is 52.0 Å². The first-order valence-corrected chi connectivity index (χ1v) is 12.6. The molecule has 0 fully saturated rings. The van der Waals surface area contributed by atoms with Gasteiger partial charge in [-0.05, 0) is 82.9 Å². The molecule has 2 aliphatic carbocycles. The summed E-state index contributed by atoms with van der Waals surface area (Å²) in [6.45, 7) is 8.63. The zero-order valence-corrected chi connectivity index (χ0v) is 22.5. The van der Waals surface area contributed by atoms with Crippen molar-refractivity contribution in [3.8, 4) is 35.8 Å². The molecule has 0 aliphatic heterocycles. The van der Waals surface area contributed by atoms with Gasteiger partial charge < -0.3 is 15.2 Å². The number of nitriles is 4. The third-order valence-electron chi connectivity index (χ3n) is 7.07. The average molecular weight is 581 g/mol. The number of hydrogen-bond acceptors (Lipinski definition) is 7. The monoisotopic (exact) mass is 581 g/mol. The summed E-state index contributed by atoms with van der Waals surface area (Å²) in [5.41, 5.74) is 6.53. The maximum Gasteiger partial charge on any atom is 0.191 e. The summed E-state index contributed by atoms with van der Waals surface area (Å²) in [5.74, 6) is 0.337. The Balaban J connectivity index is 2.32. The average Bonchev–Trinajstić information content (AvgIpc) is 2.82. The molecule has 0 spiro atoms. The Morgan fingerprint density at radius 1 is 1.14 bits per heavy atom. The second-order valence-electron chi connectivity index (χ2n) is 9.92. The lowest BCUT2D eigenvalue weighted by atomic mass is 9.54. The van der Waals surface area contributed by atoms with Crippen molar-refractivity contribution in [1.82, 2.24) is 0 Å². The first kappa shape index (κ1) is 26.4. The van der Waals surface area contributed by atoms with Crippen LogP contribution < -0.4 is 15.2 Å². The van der Waals surface area contributed by atoms with Gasteiger partial charge in [-0.3, -0.25) is 0 Å². The molecular weight excluding hydrogens is 553 g/mol. The number of halogens is 1. The van der Waals surface area contributed by atoms with E-state index in [1.54, 1.807) is 6.07 Å². The van der Waals surface area contributed by atoms with Gasteiger partial charge in [-0.25, -0.2) is 0 Å². The van der Waals surface area contributed by atoms with Crippen molar-refractivity contribution in [2.45, 2.75) is 46.5 Å². The molecule has 3 unspecified atom stereocenters. The van der Waals surface area contributed by atoms with E-state index in [1.807, 2.05) is 19.1 Å². The second kappa shape index (κ2) is 10.2. The molecule has 0 radical (unpaired) electrons. The summed E-state index contributed by atoms with van der Waals surface area (Å²) in [4.78, 5) is 0. The van der Waals surface area contributed by atoms with Gasteiger partial charge in [-0.2, -0.15) is 21.0 Å². The molecule has 2 aliphatic rings. The molecule has 180 valence electrons. The van der Waals surface area contributed by atoms with Crippen LogP contribution in [0.15, 0.2) is 35.1 Å². The summed E-state index contributed by atoms with van der Waals surface area (Å²) in [7, 11) is 0. The van der Waals surface area contributed by atoms with Crippen molar-refractivity contribution >= 4 is 22.6 Å². The van der Waals surface area contributed by atoms with Crippen LogP contribution in [-0.4, -0.2) is 13.2 Å². The normalized spacial score (nSPS) is 23.0. The van der Waals surface area contributed by atoms with E-state index in [0.717, 1.165) is 24.0 Å². The van der Waals surface area contributed by atoms with E-state index in [9.17, 15) is 15.8 Å². The minimum atomic E-state index is -1.71. The maximum atomic E-state index is 10.4. The highest BCUT2D eigenvalue weighted by molar-refractivity contribution is 14.1. The van der Waals surface area contributed by atoms with E-state index >= 15 is 0 Å². The molecule has 7 nitrogen and oxygen atoms in total. The number of fused-ring (bicyclic) bond motifs is 1. The molecule has 0 bridgehead atoms. The fraction of sp³-hybridized carbons (Fsp3) is 0.481. The van der Waals surface area contributed by atoms with E-state index in [-0.39, 0.29) is 29.2 Å².